The number of hydrogen-bond donors (Lipinski definition) is 2. The Balaban J connectivity index is 4.79. The van der Waals surface area contributed by atoms with E-state index in [1.165, 1.54) is 0 Å². The first-order valence-corrected chi connectivity index (χ1v) is 6.43. The summed E-state index contributed by atoms with van der Waals surface area (Å²) in [5.41, 5.74) is 5.05. The van der Waals surface area contributed by atoms with Crippen molar-refractivity contribution in [3.63, 3.8) is 0 Å². The number of nitrogens with zero attached hydrogens (tertiary/aromatic N) is 1. The van der Waals surface area contributed by atoms with Gasteiger partial charge in [-0.25, -0.2) is 0 Å². The van der Waals surface area contributed by atoms with Gasteiger partial charge in [-0.3, -0.25) is 9.59 Å². The quantitative estimate of drug-likeness (QED) is 0.618. The van der Waals surface area contributed by atoms with Crippen LogP contribution < -0.4 is 11.1 Å². The summed E-state index contributed by atoms with van der Waals surface area (Å²) in [6.45, 7) is 6.60. The van der Waals surface area contributed by atoms with Gasteiger partial charge < -0.3 is 16.0 Å². The van der Waals surface area contributed by atoms with Crippen molar-refractivity contribution in [2.75, 3.05) is 20.1 Å². The van der Waals surface area contributed by atoms with Crippen molar-refractivity contribution in [3.8, 4) is 0 Å². The smallest absolute Gasteiger partial charge is 0.237 e. The average molecular weight is 256 g/mol. The lowest BCUT2D eigenvalue weighted by molar-refractivity contribution is -0.136. The molecule has 1 amide bonds. The van der Waals surface area contributed by atoms with Crippen molar-refractivity contribution < 1.29 is 9.59 Å². The van der Waals surface area contributed by atoms with Gasteiger partial charge >= 0.3 is 0 Å². The van der Waals surface area contributed by atoms with E-state index < -0.39 is 11.6 Å². The summed E-state index contributed by atoms with van der Waals surface area (Å²) in [5.74, 6) is -0.0777. The van der Waals surface area contributed by atoms with Crippen LogP contribution in [0.1, 0.15) is 40.0 Å². The monoisotopic (exact) mass is 256 g/mol. The third-order valence-corrected chi connectivity index (χ3v) is 2.70. The largest absolute Gasteiger partial charge is 0.330 e. The summed E-state index contributed by atoms with van der Waals surface area (Å²) in [4.78, 5) is 24.8. The van der Waals surface area contributed by atoms with Crippen LogP contribution in [0.25, 0.3) is 0 Å². The SMILES string of the molecule is CNCC(=O)N([C@H]([C]=O)CCCCN)C(C)(C)C. The molecule has 0 bridgehead atoms. The molecule has 0 saturated heterocycles. The Morgan fingerprint density at radius 2 is 2.00 bits per heavy atom. The number of unbranched alkanes of at least 4 members (excludes halogenated alkanes) is 1. The van der Waals surface area contributed by atoms with Crippen molar-refractivity contribution in [2.45, 2.75) is 51.6 Å². The van der Waals surface area contributed by atoms with Crippen molar-refractivity contribution >= 4 is 12.2 Å². The molecule has 0 heterocycles. The number of rotatable bonds is 8. The molecule has 0 fully saturated rings. The highest BCUT2D eigenvalue weighted by Crippen LogP contribution is 2.19. The van der Waals surface area contributed by atoms with Crippen LogP contribution in [0.4, 0.5) is 0 Å². The van der Waals surface area contributed by atoms with E-state index in [4.69, 9.17) is 5.73 Å². The van der Waals surface area contributed by atoms with E-state index in [2.05, 4.69) is 5.32 Å². The zero-order valence-electron chi connectivity index (χ0n) is 12.0. The Kier molecular flexibility index (Phi) is 7.78. The van der Waals surface area contributed by atoms with Gasteiger partial charge in [0.2, 0.25) is 12.2 Å². The van der Waals surface area contributed by atoms with Gasteiger partial charge in [-0.15, -0.1) is 0 Å². The average Bonchev–Trinajstić information content (AvgIpc) is 2.26. The van der Waals surface area contributed by atoms with Crippen molar-refractivity contribution in [2.24, 2.45) is 5.73 Å². The Bertz CT molecular complexity index is 261. The van der Waals surface area contributed by atoms with E-state index >= 15 is 0 Å². The molecular weight excluding hydrogens is 230 g/mol. The minimum atomic E-state index is -0.489. The predicted octanol–water partition coefficient (Wildman–Crippen LogP) is 0.440. The standard InChI is InChI=1S/C13H26N3O2/c1-13(2,3)16(12(18)9-15-4)11(10-17)7-5-6-8-14/h11,15H,5-9,14H2,1-4H3/t11-/m0/s1. The van der Waals surface area contributed by atoms with Crippen LogP contribution in [-0.2, 0) is 9.59 Å². The highest BCUT2D eigenvalue weighted by atomic mass is 16.2. The van der Waals surface area contributed by atoms with Crippen molar-refractivity contribution in [3.05, 3.63) is 0 Å². The summed E-state index contributed by atoms with van der Waals surface area (Å²) in [5, 5.41) is 2.83. The minimum absolute atomic E-state index is 0.0777. The maximum absolute atomic E-state index is 12.1. The van der Waals surface area contributed by atoms with E-state index in [9.17, 15) is 9.59 Å². The third-order valence-electron chi connectivity index (χ3n) is 2.70. The fraction of sp³-hybridized carbons (Fsp3) is 0.846. The Hall–Kier alpha value is -0.940. The van der Waals surface area contributed by atoms with E-state index in [0.29, 0.717) is 13.0 Å². The number of carbonyl (C=O) groups excluding carboxylic acids is 2. The van der Waals surface area contributed by atoms with Crippen LogP contribution in [0, 0.1) is 0 Å². The van der Waals surface area contributed by atoms with Crippen LogP contribution in [-0.4, -0.2) is 48.8 Å². The molecule has 1 atom stereocenters. The summed E-state index contributed by atoms with van der Waals surface area (Å²) >= 11 is 0. The van der Waals surface area contributed by atoms with Gasteiger partial charge in [0.25, 0.3) is 0 Å². The molecule has 0 aliphatic heterocycles. The van der Waals surface area contributed by atoms with Crippen LogP contribution in [0.3, 0.4) is 0 Å². The Morgan fingerprint density at radius 1 is 1.39 bits per heavy atom. The van der Waals surface area contributed by atoms with Gasteiger partial charge in [0.05, 0.1) is 12.6 Å². The van der Waals surface area contributed by atoms with Crippen molar-refractivity contribution in [1.29, 1.82) is 0 Å². The van der Waals surface area contributed by atoms with Gasteiger partial charge in [-0.1, -0.05) is 0 Å². The molecule has 0 saturated carbocycles. The maximum atomic E-state index is 12.1. The second-order valence-electron chi connectivity index (χ2n) is 5.38. The highest BCUT2D eigenvalue weighted by Gasteiger charge is 2.32. The summed E-state index contributed by atoms with van der Waals surface area (Å²) < 4.78 is 0. The molecule has 0 aromatic rings. The molecule has 5 nitrogen and oxygen atoms in total. The number of nitrogens with two attached hydrogens (primary N) is 1. The number of carbonyl (C=O) groups is 1. The van der Waals surface area contributed by atoms with Crippen molar-refractivity contribution in [1.82, 2.24) is 10.2 Å². The predicted molar refractivity (Wildman–Crippen MR) is 72.9 cm³/mol. The second kappa shape index (κ2) is 8.21. The fourth-order valence-electron chi connectivity index (χ4n) is 1.97. The maximum Gasteiger partial charge on any atom is 0.237 e. The van der Waals surface area contributed by atoms with Crippen LogP contribution in [0.5, 0.6) is 0 Å². The lowest BCUT2D eigenvalue weighted by Crippen LogP contribution is -2.54. The van der Waals surface area contributed by atoms with Crippen LogP contribution in [0.15, 0.2) is 0 Å². The molecule has 1 radical (unpaired) electrons. The zero-order valence-corrected chi connectivity index (χ0v) is 12.0. The first-order chi connectivity index (χ1) is 8.38. The number of nitrogens with one attached hydrogen (secondary N) is 1. The zero-order chi connectivity index (χ0) is 14.2. The number of likely N-dealkylation sites (N-methyl/N-ethyl adjacent to an activating group) is 1. The number of amides is 1. The Labute approximate surface area is 110 Å². The van der Waals surface area contributed by atoms with Gasteiger partial charge in [0, 0.05) is 5.54 Å². The fourth-order valence-corrected chi connectivity index (χ4v) is 1.97. The van der Waals surface area contributed by atoms with E-state index in [1.54, 1.807) is 11.9 Å². The van der Waals surface area contributed by atoms with Crippen LogP contribution >= 0.6 is 0 Å². The summed E-state index contributed by atoms with van der Waals surface area (Å²) in [7, 11) is 1.72. The highest BCUT2D eigenvalue weighted by molar-refractivity contribution is 5.82. The van der Waals surface area contributed by atoms with Crippen LogP contribution in [0.2, 0.25) is 0 Å². The minimum Gasteiger partial charge on any atom is -0.330 e. The lowest BCUT2D eigenvalue weighted by Gasteiger charge is -2.39. The summed E-state index contributed by atoms with van der Waals surface area (Å²) in [6.07, 6.45) is 4.30. The molecule has 18 heavy (non-hydrogen) atoms. The molecule has 0 spiro atoms. The van der Waals surface area contributed by atoms with E-state index in [1.807, 2.05) is 27.1 Å². The van der Waals surface area contributed by atoms with Gasteiger partial charge in [-0.2, -0.15) is 0 Å². The van der Waals surface area contributed by atoms with Gasteiger partial charge in [0.1, 0.15) is 0 Å². The molecule has 0 aliphatic rings. The summed E-state index contributed by atoms with van der Waals surface area (Å²) in [6, 6.07) is -0.489. The Morgan fingerprint density at radius 3 is 2.39 bits per heavy atom. The first kappa shape index (κ1) is 17.1. The second-order valence-corrected chi connectivity index (χ2v) is 5.38. The molecule has 0 aromatic heterocycles. The lowest BCUT2D eigenvalue weighted by atomic mass is 9.99. The molecule has 0 aromatic carbocycles. The molecule has 0 rings (SSSR count). The third kappa shape index (κ3) is 5.60. The van der Waals surface area contributed by atoms with E-state index in [0.717, 1.165) is 12.8 Å². The molecule has 0 unspecified atom stereocenters. The molecule has 3 N–H and O–H groups in total. The molecule has 105 valence electrons. The number of hydrogen-bond acceptors (Lipinski definition) is 4. The molecule has 0 aliphatic carbocycles. The molecular formula is C13H26N3O2. The topological polar surface area (TPSA) is 75.4 Å². The van der Waals surface area contributed by atoms with E-state index in [-0.39, 0.29) is 12.5 Å². The van der Waals surface area contributed by atoms with Gasteiger partial charge in [0.15, 0.2) is 0 Å². The molecule has 5 heteroatoms. The normalized spacial score (nSPS) is 13.2. The first-order valence-electron chi connectivity index (χ1n) is 6.43. The van der Waals surface area contributed by atoms with Gasteiger partial charge in [-0.05, 0) is 53.6 Å².